The van der Waals surface area contributed by atoms with Crippen LogP contribution in [0, 0.1) is 6.92 Å². The summed E-state index contributed by atoms with van der Waals surface area (Å²) in [6.07, 6.45) is 3.32. The van der Waals surface area contributed by atoms with Crippen molar-refractivity contribution in [2.75, 3.05) is 47.1 Å². The van der Waals surface area contributed by atoms with E-state index in [4.69, 9.17) is 14.2 Å². The Labute approximate surface area is 178 Å². The molecule has 1 aliphatic heterocycles. The normalized spacial score (nSPS) is 15.7. The fourth-order valence-corrected chi connectivity index (χ4v) is 3.39. The van der Waals surface area contributed by atoms with Crippen LogP contribution in [0.15, 0.2) is 48.5 Å². The summed E-state index contributed by atoms with van der Waals surface area (Å²) in [6.45, 7) is 6.01. The second kappa shape index (κ2) is 10.8. The van der Waals surface area contributed by atoms with Crippen molar-refractivity contribution in [1.29, 1.82) is 0 Å². The molecule has 1 aliphatic rings. The van der Waals surface area contributed by atoms with Crippen molar-refractivity contribution in [2.45, 2.75) is 13.0 Å². The highest BCUT2D eigenvalue weighted by atomic mass is 16.5. The standard InChI is InChI=1S/C24H30N2O4/c1-18-4-7-20(8-5-18)23(17-26-10-12-30-13-11-26)25-24(27)9-6-19-14-21(28-2)16-22(15-19)29-3/h4-9,14-16,23H,10-13,17H2,1-3H3,(H,25,27)/b9-6+/t23-/m1/s1. The van der Waals surface area contributed by atoms with Crippen molar-refractivity contribution in [3.05, 3.63) is 65.2 Å². The minimum absolute atomic E-state index is 0.0966. The lowest BCUT2D eigenvalue weighted by Gasteiger charge is -2.31. The van der Waals surface area contributed by atoms with Gasteiger partial charge in [0.15, 0.2) is 0 Å². The number of carbonyl (C=O) groups excluding carboxylic acids is 1. The summed E-state index contributed by atoms with van der Waals surface area (Å²) in [5, 5.41) is 3.16. The van der Waals surface area contributed by atoms with Gasteiger partial charge in [0, 0.05) is 31.8 Å². The molecule has 2 aromatic rings. The summed E-state index contributed by atoms with van der Waals surface area (Å²) in [5.41, 5.74) is 3.13. The van der Waals surface area contributed by atoms with E-state index < -0.39 is 0 Å². The quantitative estimate of drug-likeness (QED) is 0.677. The minimum atomic E-state index is -0.143. The zero-order valence-corrected chi connectivity index (χ0v) is 17.9. The molecule has 0 spiro atoms. The first-order valence-electron chi connectivity index (χ1n) is 10.2. The minimum Gasteiger partial charge on any atom is -0.497 e. The van der Waals surface area contributed by atoms with Crippen molar-refractivity contribution < 1.29 is 19.0 Å². The number of nitrogens with zero attached hydrogens (tertiary/aromatic N) is 1. The smallest absolute Gasteiger partial charge is 0.244 e. The molecule has 3 rings (SSSR count). The zero-order valence-electron chi connectivity index (χ0n) is 17.9. The summed E-state index contributed by atoms with van der Waals surface area (Å²) < 4.78 is 16.0. The number of nitrogens with one attached hydrogen (secondary N) is 1. The van der Waals surface area contributed by atoms with E-state index in [9.17, 15) is 4.79 Å². The zero-order chi connectivity index (χ0) is 21.3. The average Bonchev–Trinajstić information content (AvgIpc) is 2.78. The van der Waals surface area contributed by atoms with Crippen molar-refractivity contribution in [2.24, 2.45) is 0 Å². The monoisotopic (exact) mass is 410 g/mol. The summed E-state index contributed by atoms with van der Waals surface area (Å²) >= 11 is 0. The van der Waals surface area contributed by atoms with Crippen LogP contribution in [0.25, 0.3) is 6.08 Å². The Morgan fingerprint density at radius 3 is 2.33 bits per heavy atom. The van der Waals surface area contributed by atoms with Gasteiger partial charge in [-0.2, -0.15) is 0 Å². The predicted octanol–water partition coefficient (Wildman–Crippen LogP) is 3.22. The maximum Gasteiger partial charge on any atom is 0.244 e. The number of ether oxygens (including phenoxy) is 3. The third-order valence-corrected chi connectivity index (χ3v) is 5.14. The molecule has 0 unspecified atom stereocenters. The number of methoxy groups -OCH3 is 2. The fraction of sp³-hybridized carbons (Fsp3) is 0.375. The van der Waals surface area contributed by atoms with E-state index in [0.29, 0.717) is 11.5 Å². The van der Waals surface area contributed by atoms with E-state index >= 15 is 0 Å². The van der Waals surface area contributed by atoms with Crippen LogP contribution < -0.4 is 14.8 Å². The molecule has 1 saturated heterocycles. The van der Waals surface area contributed by atoms with E-state index in [0.717, 1.165) is 44.0 Å². The van der Waals surface area contributed by atoms with Crippen LogP contribution in [0.4, 0.5) is 0 Å². The van der Waals surface area contributed by atoms with Crippen LogP contribution in [0.3, 0.4) is 0 Å². The number of hydrogen-bond donors (Lipinski definition) is 1. The van der Waals surface area contributed by atoms with Gasteiger partial charge >= 0.3 is 0 Å². The first kappa shape index (κ1) is 21.9. The van der Waals surface area contributed by atoms with Gasteiger partial charge in [-0.05, 0) is 36.3 Å². The van der Waals surface area contributed by atoms with Crippen LogP contribution in [0.1, 0.15) is 22.7 Å². The first-order chi connectivity index (χ1) is 14.6. The van der Waals surface area contributed by atoms with Crippen LogP contribution in [0.5, 0.6) is 11.5 Å². The molecule has 2 aromatic carbocycles. The summed E-state index contributed by atoms with van der Waals surface area (Å²) in [5.74, 6) is 1.22. The molecule has 1 heterocycles. The van der Waals surface area contributed by atoms with Crippen LogP contribution >= 0.6 is 0 Å². The molecular weight excluding hydrogens is 380 g/mol. The Morgan fingerprint density at radius 1 is 1.10 bits per heavy atom. The first-order valence-corrected chi connectivity index (χ1v) is 10.2. The highest BCUT2D eigenvalue weighted by molar-refractivity contribution is 5.92. The van der Waals surface area contributed by atoms with Crippen LogP contribution in [0.2, 0.25) is 0 Å². The molecule has 0 saturated carbocycles. The molecule has 0 aliphatic carbocycles. The molecule has 0 aromatic heterocycles. The van der Waals surface area contributed by atoms with E-state index in [-0.39, 0.29) is 11.9 Å². The number of morpholine rings is 1. The van der Waals surface area contributed by atoms with Gasteiger partial charge in [0.05, 0.1) is 33.5 Å². The highest BCUT2D eigenvalue weighted by Gasteiger charge is 2.19. The number of carbonyl (C=O) groups is 1. The Hall–Kier alpha value is -2.83. The molecule has 1 fully saturated rings. The van der Waals surface area contributed by atoms with E-state index in [2.05, 4.69) is 41.4 Å². The van der Waals surface area contributed by atoms with Gasteiger partial charge in [0.2, 0.25) is 5.91 Å². The van der Waals surface area contributed by atoms with E-state index in [1.54, 1.807) is 32.4 Å². The topological polar surface area (TPSA) is 60.0 Å². The van der Waals surface area contributed by atoms with Crippen LogP contribution in [-0.4, -0.2) is 57.9 Å². The third-order valence-electron chi connectivity index (χ3n) is 5.14. The second-order valence-electron chi connectivity index (χ2n) is 7.36. The predicted molar refractivity (Wildman–Crippen MR) is 118 cm³/mol. The summed E-state index contributed by atoms with van der Waals surface area (Å²) in [4.78, 5) is 15.0. The van der Waals surface area contributed by atoms with Gasteiger partial charge in [-0.25, -0.2) is 0 Å². The molecule has 6 nitrogen and oxygen atoms in total. The van der Waals surface area contributed by atoms with Crippen molar-refractivity contribution in [3.8, 4) is 11.5 Å². The van der Waals surface area contributed by atoms with E-state index in [1.165, 1.54) is 5.56 Å². The molecule has 160 valence electrons. The number of hydrogen-bond acceptors (Lipinski definition) is 5. The lowest BCUT2D eigenvalue weighted by atomic mass is 10.0. The maximum atomic E-state index is 12.7. The van der Waals surface area contributed by atoms with Crippen LogP contribution in [-0.2, 0) is 9.53 Å². The Bertz CT molecular complexity index is 836. The summed E-state index contributed by atoms with van der Waals surface area (Å²) in [7, 11) is 3.21. The molecular formula is C24H30N2O4. The van der Waals surface area contributed by atoms with Gasteiger partial charge in [0.25, 0.3) is 0 Å². The largest absolute Gasteiger partial charge is 0.497 e. The van der Waals surface area contributed by atoms with Gasteiger partial charge in [-0.1, -0.05) is 29.8 Å². The molecule has 1 amide bonds. The van der Waals surface area contributed by atoms with Gasteiger partial charge in [-0.3, -0.25) is 9.69 Å². The van der Waals surface area contributed by atoms with Gasteiger partial charge in [-0.15, -0.1) is 0 Å². The molecule has 1 atom stereocenters. The fourth-order valence-electron chi connectivity index (χ4n) is 3.39. The number of benzene rings is 2. The van der Waals surface area contributed by atoms with Crippen molar-refractivity contribution >= 4 is 12.0 Å². The van der Waals surface area contributed by atoms with Crippen molar-refractivity contribution in [1.82, 2.24) is 10.2 Å². The number of aryl methyl sites for hydroxylation is 1. The lowest BCUT2D eigenvalue weighted by Crippen LogP contribution is -2.42. The second-order valence-corrected chi connectivity index (χ2v) is 7.36. The SMILES string of the molecule is COc1cc(/C=C/C(=O)N[C@H](CN2CCOCC2)c2ccc(C)cc2)cc(OC)c1. The molecule has 0 bridgehead atoms. The highest BCUT2D eigenvalue weighted by Crippen LogP contribution is 2.23. The third kappa shape index (κ3) is 6.34. The molecule has 6 heteroatoms. The van der Waals surface area contributed by atoms with E-state index in [1.807, 2.05) is 12.1 Å². The Morgan fingerprint density at radius 2 is 1.73 bits per heavy atom. The Kier molecular flexibility index (Phi) is 7.88. The number of rotatable bonds is 8. The molecule has 1 N–H and O–H groups in total. The Balaban J connectivity index is 1.72. The van der Waals surface area contributed by atoms with Gasteiger partial charge in [0.1, 0.15) is 11.5 Å². The molecule has 30 heavy (non-hydrogen) atoms. The average molecular weight is 411 g/mol. The van der Waals surface area contributed by atoms with Gasteiger partial charge < -0.3 is 19.5 Å². The lowest BCUT2D eigenvalue weighted by molar-refractivity contribution is -0.117. The summed E-state index contributed by atoms with van der Waals surface area (Å²) in [6, 6.07) is 13.7. The molecule has 0 radical (unpaired) electrons. The van der Waals surface area contributed by atoms with Crippen molar-refractivity contribution in [3.63, 3.8) is 0 Å². The maximum absolute atomic E-state index is 12.7. The number of amides is 1.